The molecule has 1 aromatic heterocycles. The molecule has 0 spiro atoms. The molecule has 3 heterocycles. The van der Waals surface area contributed by atoms with Crippen LogP contribution >= 0.6 is 11.6 Å². The van der Waals surface area contributed by atoms with E-state index < -0.39 is 52.6 Å². The zero-order valence-corrected chi connectivity index (χ0v) is 24.8. The van der Waals surface area contributed by atoms with E-state index in [0.29, 0.717) is 10.1 Å². The molecule has 224 valence electrons. The number of ether oxygens (including phenoxy) is 2. The molecule has 11 nitrogen and oxygen atoms in total. The lowest BCUT2D eigenvalue weighted by molar-refractivity contribution is -0.145. The van der Waals surface area contributed by atoms with Crippen molar-refractivity contribution in [3.05, 3.63) is 76.9 Å². The average molecular weight is 621 g/mol. The third kappa shape index (κ3) is 5.06. The summed E-state index contributed by atoms with van der Waals surface area (Å²) in [5, 5.41) is 13.0. The predicted molar refractivity (Wildman–Crippen MR) is 153 cm³/mol. The minimum atomic E-state index is -4.56. The number of anilines is 1. The van der Waals surface area contributed by atoms with Crippen LogP contribution in [-0.4, -0.2) is 82.4 Å². The third-order valence-electron chi connectivity index (χ3n) is 6.98. The first kappa shape index (κ1) is 31.2. The number of hydrogen-bond acceptors (Lipinski definition) is 9. The van der Waals surface area contributed by atoms with Crippen molar-refractivity contribution in [1.82, 2.24) is 15.2 Å². The minimum absolute atomic E-state index is 0.0498. The molecular formula is C28H30ClFN4O7S. The molecular weight excluding hydrogens is 591 g/mol. The molecule has 14 heteroatoms. The summed E-state index contributed by atoms with van der Waals surface area (Å²) in [5.74, 6) is -2.07. The Morgan fingerprint density at radius 2 is 1.79 bits per heavy atom. The first-order valence-corrected chi connectivity index (χ1v) is 14.6. The van der Waals surface area contributed by atoms with Crippen LogP contribution in [0.1, 0.15) is 17.5 Å². The summed E-state index contributed by atoms with van der Waals surface area (Å²) in [7, 11) is 1.92. The largest absolute Gasteiger partial charge is 0.497 e. The van der Waals surface area contributed by atoms with Gasteiger partial charge in [-0.3, -0.25) is 14.5 Å². The van der Waals surface area contributed by atoms with E-state index in [4.69, 9.17) is 21.1 Å². The molecule has 1 unspecified atom stereocenters. The summed E-state index contributed by atoms with van der Waals surface area (Å²) in [6, 6.07) is 11.1. The van der Waals surface area contributed by atoms with Crippen molar-refractivity contribution in [2.45, 2.75) is 29.1 Å². The topological polar surface area (TPSA) is 138 Å². The number of nitrogens with zero attached hydrogens (tertiary/aromatic N) is 3. The summed E-state index contributed by atoms with van der Waals surface area (Å²) in [6.07, 6.45) is -0.612. The maximum absolute atomic E-state index is 14.9. The van der Waals surface area contributed by atoms with Crippen molar-refractivity contribution >= 4 is 39.2 Å². The number of rotatable bonds is 7. The van der Waals surface area contributed by atoms with Crippen molar-refractivity contribution in [3.8, 4) is 11.6 Å². The number of benzene rings is 2. The van der Waals surface area contributed by atoms with Crippen LogP contribution in [0, 0.1) is 0 Å². The highest BCUT2D eigenvalue weighted by Gasteiger charge is 2.64. The fraction of sp³-hybridized carbons (Fsp3) is 0.321. The van der Waals surface area contributed by atoms with Crippen LogP contribution in [0.4, 0.5) is 10.1 Å². The molecule has 5 rings (SSSR count). The number of alkyl halides is 1. The lowest BCUT2D eigenvalue weighted by Gasteiger charge is -2.40. The Labute approximate surface area is 247 Å². The Kier molecular flexibility index (Phi) is 9.06. The number of aliphatic carboxylic acids is 1. The SMILES string of the molecule is CNC.COc1ccc(S(=O)(=O)N2C(=O)C(c3cccnc3OC)(N3C[C@H](F)C[C@H]3C(=O)O)c3cc(Cl)ccc32)cc1. The molecule has 1 saturated heterocycles. The van der Waals surface area contributed by atoms with E-state index in [0.717, 1.165) is 0 Å². The molecule has 2 aromatic carbocycles. The standard InChI is InChI=1S/C26H23ClFN3O7S.C2H7N/c1-37-17-6-8-18(9-7-17)39(35,36)31-21-10-5-15(27)12-20(21)26(25(31)34,19-4-3-11-29-23(19)38-2)30-14-16(28)13-22(30)24(32)33;1-3-2/h3-12,16,22H,13-14H2,1-2H3,(H,32,33);3H,1-2H3/t16-,22+,26?;/m1./s1. The molecule has 0 aliphatic carbocycles. The van der Waals surface area contributed by atoms with Crippen molar-refractivity contribution in [2.24, 2.45) is 0 Å². The Morgan fingerprint density at radius 3 is 2.38 bits per heavy atom. The number of pyridine rings is 1. The Bertz CT molecular complexity index is 1590. The highest BCUT2D eigenvalue weighted by molar-refractivity contribution is 7.93. The number of amides is 1. The zero-order valence-electron chi connectivity index (χ0n) is 23.2. The summed E-state index contributed by atoms with van der Waals surface area (Å²) >= 11 is 6.36. The number of sulfonamides is 1. The number of hydrogen-bond donors (Lipinski definition) is 2. The van der Waals surface area contributed by atoms with Crippen molar-refractivity contribution < 1.29 is 37.0 Å². The van der Waals surface area contributed by atoms with E-state index in [2.05, 4.69) is 10.3 Å². The van der Waals surface area contributed by atoms with Crippen LogP contribution in [0.3, 0.4) is 0 Å². The highest BCUT2D eigenvalue weighted by atomic mass is 35.5. The molecule has 3 aromatic rings. The predicted octanol–water partition coefficient (Wildman–Crippen LogP) is 3.06. The smallest absolute Gasteiger partial charge is 0.321 e. The Balaban J connectivity index is 0.00000129. The fourth-order valence-corrected chi connectivity index (χ4v) is 6.98. The van der Waals surface area contributed by atoms with E-state index in [1.165, 1.54) is 79.9 Å². The van der Waals surface area contributed by atoms with E-state index in [1.807, 2.05) is 14.1 Å². The second-order valence-electron chi connectivity index (χ2n) is 9.52. The second-order valence-corrected chi connectivity index (χ2v) is 11.7. The molecule has 3 atom stereocenters. The normalized spacial score (nSPS) is 21.9. The van der Waals surface area contributed by atoms with E-state index in [9.17, 15) is 27.5 Å². The van der Waals surface area contributed by atoms with Gasteiger partial charge in [0.25, 0.3) is 15.9 Å². The monoisotopic (exact) mass is 620 g/mol. The Hall–Kier alpha value is -3.78. The summed E-state index contributed by atoms with van der Waals surface area (Å²) < 4.78 is 54.2. The van der Waals surface area contributed by atoms with Crippen LogP contribution in [0.25, 0.3) is 0 Å². The van der Waals surface area contributed by atoms with Gasteiger partial charge in [-0.05, 0) is 68.7 Å². The maximum Gasteiger partial charge on any atom is 0.321 e. The van der Waals surface area contributed by atoms with Gasteiger partial charge >= 0.3 is 5.97 Å². The van der Waals surface area contributed by atoms with Gasteiger partial charge in [0, 0.05) is 35.3 Å². The zero-order chi connectivity index (χ0) is 30.8. The van der Waals surface area contributed by atoms with Crippen molar-refractivity contribution in [3.63, 3.8) is 0 Å². The van der Waals surface area contributed by atoms with E-state index >= 15 is 0 Å². The third-order valence-corrected chi connectivity index (χ3v) is 8.93. The first-order valence-electron chi connectivity index (χ1n) is 12.7. The van der Waals surface area contributed by atoms with Gasteiger partial charge in [-0.2, -0.15) is 0 Å². The summed E-state index contributed by atoms with van der Waals surface area (Å²) in [6.45, 7) is -0.469. The molecule has 2 aliphatic heterocycles. The molecule has 2 aliphatic rings. The van der Waals surface area contributed by atoms with Gasteiger partial charge in [-0.15, -0.1) is 0 Å². The number of carboxylic acid groups (broad SMARTS) is 1. The lowest BCUT2D eigenvalue weighted by atomic mass is 9.81. The molecule has 1 fully saturated rings. The minimum Gasteiger partial charge on any atom is -0.497 e. The quantitative estimate of drug-likeness (QED) is 0.405. The molecule has 0 radical (unpaired) electrons. The molecule has 0 saturated carbocycles. The second kappa shape index (κ2) is 12.2. The van der Waals surface area contributed by atoms with Crippen LogP contribution < -0.4 is 19.1 Å². The van der Waals surface area contributed by atoms with E-state index in [-0.39, 0.29) is 32.6 Å². The number of carbonyl (C=O) groups excluding carboxylic acids is 1. The van der Waals surface area contributed by atoms with Gasteiger partial charge in [0.2, 0.25) is 5.88 Å². The van der Waals surface area contributed by atoms with Crippen LogP contribution in [0.15, 0.2) is 65.7 Å². The number of halogens is 2. The molecule has 1 amide bonds. The number of aromatic nitrogens is 1. The number of methoxy groups -OCH3 is 2. The fourth-order valence-electron chi connectivity index (χ4n) is 5.35. The van der Waals surface area contributed by atoms with Crippen LogP contribution in [0.2, 0.25) is 5.02 Å². The summed E-state index contributed by atoms with van der Waals surface area (Å²) in [4.78, 5) is 32.2. The van der Waals surface area contributed by atoms with Crippen LogP contribution in [-0.2, 0) is 25.2 Å². The number of carbonyl (C=O) groups is 2. The van der Waals surface area contributed by atoms with Gasteiger partial charge in [0.05, 0.1) is 24.8 Å². The van der Waals surface area contributed by atoms with Gasteiger partial charge < -0.3 is 19.9 Å². The summed E-state index contributed by atoms with van der Waals surface area (Å²) in [5.41, 5.74) is -2.10. The van der Waals surface area contributed by atoms with Gasteiger partial charge in [-0.1, -0.05) is 11.6 Å². The molecule has 2 N–H and O–H groups in total. The number of likely N-dealkylation sites (tertiary alicyclic amines) is 1. The number of nitrogens with one attached hydrogen (secondary N) is 1. The van der Waals surface area contributed by atoms with Gasteiger partial charge in [-0.25, -0.2) is 22.1 Å². The van der Waals surface area contributed by atoms with Crippen molar-refractivity contribution in [2.75, 3.05) is 39.2 Å². The Morgan fingerprint density at radius 1 is 1.12 bits per heavy atom. The molecule has 0 bridgehead atoms. The van der Waals surface area contributed by atoms with Gasteiger partial charge in [0.15, 0.2) is 5.54 Å². The maximum atomic E-state index is 14.9. The first-order chi connectivity index (χ1) is 20.0. The van der Waals surface area contributed by atoms with Crippen molar-refractivity contribution in [1.29, 1.82) is 0 Å². The number of carboxylic acids is 1. The number of fused-ring (bicyclic) bond motifs is 1. The molecule has 42 heavy (non-hydrogen) atoms. The van der Waals surface area contributed by atoms with Gasteiger partial charge in [0.1, 0.15) is 18.0 Å². The average Bonchev–Trinajstić information content (AvgIpc) is 3.48. The lowest BCUT2D eigenvalue weighted by Crippen LogP contribution is -2.58. The highest BCUT2D eigenvalue weighted by Crippen LogP contribution is 2.54. The van der Waals surface area contributed by atoms with Crippen LogP contribution in [0.5, 0.6) is 11.6 Å². The van der Waals surface area contributed by atoms with E-state index in [1.54, 1.807) is 0 Å².